The lowest BCUT2D eigenvalue weighted by Crippen LogP contribution is -2.29. The summed E-state index contributed by atoms with van der Waals surface area (Å²) in [5, 5.41) is 13.8. The maximum atomic E-state index is 13.2. The van der Waals surface area contributed by atoms with E-state index >= 15 is 0 Å². The van der Waals surface area contributed by atoms with Crippen molar-refractivity contribution in [2.45, 2.75) is 12.3 Å². The van der Waals surface area contributed by atoms with E-state index in [0.717, 1.165) is 12.5 Å². The topological polar surface area (TPSA) is 92.6 Å². The average molecular weight is 450 g/mol. The Labute approximate surface area is 189 Å². The van der Waals surface area contributed by atoms with Crippen LogP contribution in [0.1, 0.15) is 38.6 Å². The van der Waals surface area contributed by atoms with Gasteiger partial charge in [0.05, 0.1) is 26.8 Å². The summed E-state index contributed by atoms with van der Waals surface area (Å²) in [6.07, 6.45) is 0.869. The van der Waals surface area contributed by atoms with E-state index in [9.17, 15) is 19.7 Å². The Morgan fingerprint density at radius 3 is 2.47 bits per heavy atom. The lowest BCUT2D eigenvalue weighted by molar-refractivity contribution is -0.384. The van der Waals surface area contributed by atoms with E-state index in [1.165, 1.54) is 17.7 Å². The van der Waals surface area contributed by atoms with E-state index < -0.39 is 10.8 Å². The van der Waals surface area contributed by atoms with Crippen molar-refractivity contribution in [2.24, 2.45) is 0 Å². The van der Waals surface area contributed by atoms with Gasteiger partial charge in [-0.2, -0.15) is 0 Å². The summed E-state index contributed by atoms with van der Waals surface area (Å²) in [6, 6.07) is 20.4. The van der Waals surface area contributed by atoms with Crippen molar-refractivity contribution in [3.8, 4) is 0 Å². The summed E-state index contributed by atoms with van der Waals surface area (Å²) >= 11 is 6.08. The molecule has 0 bridgehead atoms. The molecule has 1 atom stereocenters. The number of hydrogen-bond acceptors (Lipinski definition) is 4. The number of nitrogens with zero attached hydrogens (tertiary/aromatic N) is 2. The van der Waals surface area contributed by atoms with Gasteiger partial charge in [-0.1, -0.05) is 54.1 Å². The van der Waals surface area contributed by atoms with Crippen LogP contribution >= 0.6 is 11.6 Å². The molecule has 1 heterocycles. The Balaban J connectivity index is 1.53. The van der Waals surface area contributed by atoms with Crippen LogP contribution in [0.5, 0.6) is 0 Å². The van der Waals surface area contributed by atoms with E-state index in [2.05, 4.69) is 17.4 Å². The van der Waals surface area contributed by atoms with Gasteiger partial charge in [0.2, 0.25) is 0 Å². The Kier molecular flexibility index (Phi) is 6.18. The summed E-state index contributed by atoms with van der Waals surface area (Å²) in [6.45, 7) is 1.22. The molecule has 0 spiro atoms. The molecule has 7 nitrogen and oxygen atoms in total. The van der Waals surface area contributed by atoms with Gasteiger partial charge in [0.15, 0.2) is 0 Å². The third kappa shape index (κ3) is 4.48. The molecule has 1 unspecified atom stereocenters. The van der Waals surface area contributed by atoms with E-state index in [0.29, 0.717) is 24.3 Å². The molecular weight excluding hydrogens is 430 g/mol. The predicted octanol–water partition coefficient (Wildman–Crippen LogP) is 5.13. The van der Waals surface area contributed by atoms with Gasteiger partial charge in [0.1, 0.15) is 0 Å². The summed E-state index contributed by atoms with van der Waals surface area (Å²) < 4.78 is 0. The molecule has 3 aromatic carbocycles. The van der Waals surface area contributed by atoms with Gasteiger partial charge in [-0.05, 0) is 30.2 Å². The Morgan fingerprint density at radius 2 is 1.72 bits per heavy atom. The van der Waals surface area contributed by atoms with Crippen LogP contribution in [0.3, 0.4) is 0 Å². The van der Waals surface area contributed by atoms with E-state index in [-0.39, 0.29) is 28.1 Å². The molecule has 0 aliphatic carbocycles. The molecule has 1 fully saturated rings. The second-order valence-electron chi connectivity index (χ2n) is 7.57. The van der Waals surface area contributed by atoms with Gasteiger partial charge in [0, 0.05) is 31.1 Å². The highest BCUT2D eigenvalue weighted by Crippen LogP contribution is 2.30. The number of anilines is 1. The third-order valence-electron chi connectivity index (χ3n) is 5.56. The van der Waals surface area contributed by atoms with Crippen molar-refractivity contribution in [3.63, 3.8) is 0 Å². The number of carbonyl (C=O) groups is 2. The van der Waals surface area contributed by atoms with Crippen molar-refractivity contribution in [3.05, 3.63) is 105 Å². The molecule has 1 saturated heterocycles. The van der Waals surface area contributed by atoms with Crippen LogP contribution in [-0.2, 0) is 0 Å². The van der Waals surface area contributed by atoms with Crippen LogP contribution in [-0.4, -0.2) is 34.7 Å². The first-order valence-electron chi connectivity index (χ1n) is 10.1. The van der Waals surface area contributed by atoms with E-state index in [1.807, 2.05) is 18.2 Å². The molecule has 2 amide bonds. The van der Waals surface area contributed by atoms with Crippen LogP contribution in [0.25, 0.3) is 0 Å². The minimum atomic E-state index is -0.623. The zero-order chi connectivity index (χ0) is 22.7. The molecule has 0 saturated carbocycles. The Hall–Kier alpha value is -3.71. The molecule has 162 valence electrons. The number of carbonyl (C=O) groups excluding carboxylic acids is 2. The molecular formula is C24H20ClN3O4. The fourth-order valence-corrected chi connectivity index (χ4v) is 4.08. The minimum Gasteiger partial charge on any atom is -0.338 e. The number of nitrogens with one attached hydrogen (secondary N) is 1. The van der Waals surface area contributed by atoms with Gasteiger partial charge < -0.3 is 10.2 Å². The third-order valence-corrected chi connectivity index (χ3v) is 5.89. The van der Waals surface area contributed by atoms with Gasteiger partial charge in [-0.15, -0.1) is 0 Å². The Bertz CT molecular complexity index is 1180. The van der Waals surface area contributed by atoms with Crippen molar-refractivity contribution in [1.82, 2.24) is 4.90 Å². The largest absolute Gasteiger partial charge is 0.338 e. The number of hydrogen-bond donors (Lipinski definition) is 1. The highest BCUT2D eigenvalue weighted by molar-refractivity contribution is 6.34. The van der Waals surface area contributed by atoms with Crippen LogP contribution in [0.15, 0.2) is 72.8 Å². The van der Waals surface area contributed by atoms with Gasteiger partial charge in [0.25, 0.3) is 17.5 Å². The molecule has 8 heteroatoms. The summed E-state index contributed by atoms with van der Waals surface area (Å²) in [5.74, 6) is -0.530. The second kappa shape index (κ2) is 9.20. The number of halogens is 1. The van der Waals surface area contributed by atoms with Crippen LogP contribution in [0.4, 0.5) is 11.4 Å². The molecule has 0 radical (unpaired) electrons. The van der Waals surface area contributed by atoms with Gasteiger partial charge in [-0.3, -0.25) is 19.7 Å². The number of para-hydroxylation sites is 1. The quantitative estimate of drug-likeness (QED) is 0.431. The molecule has 3 aromatic rings. The van der Waals surface area contributed by atoms with Gasteiger partial charge >= 0.3 is 0 Å². The van der Waals surface area contributed by atoms with Crippen molar-refractivity contribution < 1.29 is 14.5 Å². The molecule has 32 heavy (non-hydrogen) atoms. The monoisotopic (exact) mass is 449 g/mol. The SMILES string of the molecule is O=C(Nc1ccccc1C(=O)N1CCC(c2ccccc2)C1)c1cc([N+](=O)[O-])ccc1Cl. The first kappa shape index (κ1) is 21.5. The maximum Gasteiger partial charge on any atom is 0.270 e. The number of nitro benzene ring substituents is 1. The van der Waals surface area contributed by atoms with Gasteiger partial charge in [-0.25, -0.2) is 0 Å². The fourth-order valence-electron chi connectivity index (χ4n) is 3.88. The average Bonchev–Trinajstić information content (AvgIpc) is 3.30. The zero-order valence-corrected chi connectivity index (χ0v) is 17.8. The molecule has 4 rings (SSSR count). The first-order chi connectivity index (χ1) is 15.4. The fraction of sp³-hybridized carbons (Fsp3) is 0.167. The standard InChI is InChI=1S/C24H20ClN3O4/c25-21-11-10-18(28(31)32)14-20(21)23(29)26-22-9-5-4-8-19(22)24(30)27-13-12-17(15-27)16-6-2-1-3-7-16/h1-11,14,17H,12-13,15H2,(H,26,29). The Morgan fingerprint density at radius 1 is 1.00 bits per heavy atom. The van der Waals surface area contributed by atoms with Crippen LogP contribution in [0.2, 0.25) is 5.02 Å². The zero-order valence-electron chi connectivity index (χ0n) is 17.0. The summed E-state index contributed by atoms with van der Waals surface area (Å²) in [5.41, 5.74) is 1.61. The first-order valence-corrected chi connectivity index (χ1v) is 10.5. The lowest BCUT2D eigenvalue weighted by Gasteiger charge is -2.19. The summed E-state index contributed by atoms with van der Waals surface area (Å²) in [4.78, 5) is 38.3. The van der Waals surface area contributed by atoms with Crippen LogP contribution in [0, 0.1) is 10.1 Å². The van der Waals surface area contributed by atoms with Crippen molar-refractivity contribution in [2.75, 3.05) is 18.4 Å². The molecule has 0 aromatic heterocycles. The highest BCUT2D eigenvalue weighted by Gasteiger charge is 2.29. The number of nitro groups is 1. The van der Waals surface area contributed by atoms with Crippen LogP contribution < -0.4 is 5.32 Å². The second-order valence-corrected chi connectivity index (χ2v) is 7.98. The normalized spacial score (nSPS) is 15.4. The highest BCUT2D eigenvalue weighted by atomic mass is 35.5. The van der Waals surface area contributed by atoms with Crippen molar-refractivity contribution in [1.29, 1.82) is 0 Å². The number of rotatable bonds is 5. The molecule has 1 aliphatic rings. The predicted molar refractivity (Wildman–Crippen MR) is 122 cm³/mol. The number of amides is 2. The van der Waals surface area contributed by atoms with E-state index in [1.54, 1.807) is 29.2 Å². The number of benzene rings is 3. The smallest absolute Gasteiger partial charge is 0.270 e. The molecule has 1 N–H and O–H groups in total. The maximum absolute atomic E-state index is 13.2. The molecule has 1 aliphatic heterocycles. The summed E-state index contributed by atoms with van der Waals surface area (Å²) in [7, 11) is 0. The number of likely N-dealkylation sites (tertiary alicyclic amines) is 1. The van der Waals surface area contributed by atoms with Crippen molar-refractivity contribution >= 4 is 34.8 Å². The van der Waals surface area contributed by atoms with E-state index in [4.69, 9.17) is 11.6 Å². The lowest BCUT2D eigenvalue weighted by atomic mass is 9.99. The number of non-ortho nitro benzene ring substituents is 1. The minimum absolute atomic E-state index is 0.0339.